The molecular formula is C30H51AlO15. The number of carboxylic acid groups (broad SMARTS) is 3. The van der Waals surface area contributed by atoms with E-state index in [1.807, 2.05) is 0 Å². The summed E-state index contributed by atoms with van der Waals surface area (Å²) in [5.74, 6) is -9.06. The number of carboxylic acids is 3. The Morgan fingerprint density at radius 2 is 0.630 bits per heavy atom. The number of rotatable bonds is 21. The van der Waals surface area contributed by atoms with Gasteiger partial charge in [0.2, 0.25) is 0 Å². The van der Waals surface area contributed by atoms with Gasteiger partial charge in [0.15, 0.2) is 18.9 Å². The zero-order chi connectivity index (χ0) is 36.0. The fourth-order valence-corrected chi connectivity index (χ4v) is 3.39. The molecular weight excluding hydrogens is 627 g/mol. The number of ether oxygens (including phenoxy) is 6. The Bertz CT molecular complexity index is 751. The van der Waals surface area contributed by atoms with Crippen molar-refractivity contribution in [3.63, 3.8) is 0 Å². The molecule has 0 aromatic rings. The van der Waals surface area contributed by atoms with Crippen molar-refractivity contribution in [3.05, 3.63) is 0 Å². The van der Waals surface area contributed by atoms with Gasteiger partial charge < -0.3 is 58.1 Å². The van der Waals surface area contributed by atoms with Crippen LogP contribution in [0.25, 0.3) is 0 Å². The van der Waals surface area contributed by atoms with Crippen LogP contribution in [-0.2, 0) is 57.2 Å². The van der Waals surface area contributed by atoms with Gasteiger partial charge in [0, 0.05) is 40.6 Å². The summed E-state index contributed by atoms with van der Waals surface area (Å²) in [7, 11) is 4.21. The number of ketones is 3. The molecule has 0 radical (unpaired) electrons. The van der Waals surface area contributed by atoms with E-state index in [-0.39, 0.29) is 54.9 Å². The number of hydrogen-bond donors (Lipinski definition) is 0. The minimum atomic E-state index is -1.39. The maximum absolute atomic E-state index is 11.0. The second-order valence-corrected chi connectivity index (χ2v) is 10.7. The summed E-state index contributed by atoms with van der Waals surface area (Å²) in [6.07, 6.45) is -2.44. The van der Waals surface area contributed by atoms with Crippen LogP contribution >= 0.6 is 0 Å². The summed E-state index contributed by atoms with van der Waals surface area (Å²) in [5.41, 5.74) is 0. The minimum absolute atomic E-state index is 0. The fourth-order valence-electron chi connectivity index (χ4n) is 3.39. The maximum atomic E-state index is 11.0. The van der Waals surface area contributed by atoms with Gasteiger partial charge in [0.1, 0.15) is 17.3 Å². The fraction of sp³-hybridized carbons (Fsp3) is 0.800. The molecule has 0 rings (SSSR count). The van der Waals surface area contributed by atoms with Crippen molar-refractivity contribution in [1.82, 2.24) is 0 Å². The maximum Gasteiger partial charge on any atom is 3.00 e. The molecule has 0 aromatic carbocycles. The van der Waals surface area contributed by atoms with E-state index >= 15 is 0 Å². The Morgan fingerprint density at radius 3 is 0.717 bits per heavy atom. The first-order valence-corrected chi connectivity index (χ1v) is 14.3. The Morgan fingerprint density at radius 1 is 0.457 bits per heavy atom. The third-order valence-electron chi connectivity index (χ3n) is 5.67. The van der Waals surface area contributed by atoms with Gasteiger partial charge >= 0.3 is 17.4 Å². The van der Waals surface area contributed by atoms with Crippen molar-refractivity contribution in [2.75, 3.05) is 21.3 Å². The van der Waals surface area contributed by atoms with Crippen LogP contribution < -0.4 is 15.3 Å². The van der Waals surface area contributed by atoms with Crippen molar-refractivity contribution < 1.29 is 72.5 Å². The van der Waals surface area contributed by atoms with Crippen molar-refractivity contribution in [3.8, 4) is 0 Å². The minimum Gasteiger partial charge on any atom is -0.549 e. The molecule has 0 aliphatic heterocycles. The van der Waals surface area contributed by atoms with Gasteiger partial charge in [-0.05, 0) is 62.3 Å². The van der Waals surface area contributed by atoms with E-state index in [2.05, 4.69) is 0 Å². The quantitative estimate of drug-likeness (QED) is 0.0790. The van der Waals surface area contributed by atoms with Crippen molar-refractivity contribution in [1.29, 1.82) is 0 Å². The Kier molecular flexibility index (Phi) is 30.5. The van der Waals surface area contributed by atoms with Gasteiger partial charge in [-0.25, -0.2) is 0 Å². The van der Waals surface area contributed by atoms with Crippen LogP contribution in [-0.4, -0.2) is 111 Å². The molecule has 0 bridgehead atoms. The van der Waals surface area contributed by atoms with E-state index in [0.29, 0.717) is 0 Å². The van der Waals surface area contributed by atoms with Crippen molar-refractivity contribution in [2.45, 2.75) is 119 Å². The van der Waals surface area contributed by atoms with Crippen LogP contribution in [0.4, 0.5) is 0 Å². The van der Waals surface area contributed by atoms with Crippen LogP contribution in [0, 0.1) is 17.8 Å². The van der Waals surface area contributed by atoms with Crippen molar-refractivity contribution in [2.24, 2.45) is 17.8 Å². The molecule has 46 heavy (non-hydrogen) atoms. The molecule has 0 saturated carbocycles. The normalized spacial score (nSPS) is 14.7. The number of aliphatic carboxylic acids is 3. The van der Waals surface area contributed by atoms with Crippen molar-refractivity contribution >= 4 is 52.6 Å². The number of hydrogen-bond acceptors (Lipinski definition) is 15. The SMILES string of the molecule is COC(CC(C(C)=O)C(=O)[O-])OC(C)C.COC(CC(C(C)=O)C(=O)[O-])OC(C)C.COC(CC(C(C)=O)C(=O)[O-])OC(C)C.[Al+3]. The molecule has 0 aromatic heterocycles. The third kappa shape index (κ3) is 25.9. The molecule has 0 fully saturated rings. The molecule has 6 unspecified atom stereocenters. The smallest absolute Gasteiger partial charge is 0.549 e. The zero-order valence-corrected chi connectivity index (χ0v) is 30.2. The summed E-state index contributed by atoms with van der Waals surface area (Å²) >= 11 is 0. The molecule has 16 heteroatoms. The first-order valence-electron chi connectivity index (χ1n) is 14.3. The zero-order valence-electron chi connectivity index (χ0n) is 29.0. The molecule has 0 aliphatic rings. The standard InChI is InChI=1S/3C10H18O5.Al/c3*1-6(2)15-9(14-4)5-8(7(3)11)10(12)13;/h3*6,8-9H,5H2,1-4H3,(H,12,13);/q;;;+3/p-3. The number of methoxy groups -OCH3 is 3. The first-order chi connectivity index (χ1) is 20.6. The molecule has 264 valence electrons. The summed E-state index contributed by atoms with van der Waals surface area (Å²) < 4.78 is 30.6. The van der Waals surface area contributed by atoms with Crippen LogP contribution in [0.2, 0.25) is 0 Å². The average Bonchev–Trinajstić information content (AvgIpc) is 2.89. The second kappa shape index (κ2) is 27.8. The van der Waals surface area contributed by atoms with Gasteiger partial charge in [-0.1, -0.05) is 0 Å². The van der Waals surface area contributed by atoms with E-state index in [1.165, 1.54) is 42.1 Å². The number of Topliss-reactive ketones (excluding diaryl/α,β-unsaturated/α-hetero) is 3. The molecule has 6 atom stereocenters. The Labute approximate surface area is 282 Å². The van der Waals surface area contributed by atoms with Crippen LogP contribution in [0.5, 0.6) is 0 Å². The van der Waals surface area contributed by atoms with E-state index < -0.39 is 71.9 Å². The number of carbonyl (C=O) groups excluding carboxylic acids is 6. The molecule has 0 N–H and O–H groups in total. The van der Waals surface area contributed by atoms with Gasteiger partial charge in [-0.3, -0.25) is 14.4 Å². The monoisotopic (exact) mass is 678 g/mol. The number of carbonyl (C=O) groups is 6. The average molecular weight is 679 g/mol. The summed E-state index contributed by atoms with van der Waals surface area (Å²) in [4.78, 5) is 64.9. The van der Waals surface area contributed by atoms with Gasteiger partial charge in [0.05, 0.1) is 54.0 Å². The van der Waals surface area contributed by atoms with Gasteiger partial charge in [-0.2, -0.15) is 0 Å². The molecule has 0 aliphatic carbocycles. The van der Waals surface area contributed by atoms with Gasteiger partial charge in [-0.15, -0.1) is 0 Å². The predicted octanol–water partition coefficient (Wildman–Crippen LogP) is -1.19. The molecule has 15 nitrogen and oxygen atoms in total. The second-order valence-electron chi connectivity index (χ2n) is 10.7. The first kappa shape index (κ1) is 50.6. The van der Waals surface area contributed by atoms with E-state index in [1.54, 1.807) is 41.5 Å². The largest absolute Gasteiger partial charge is 3.00 e. The van der Waals surface area contributed by atoms with E-state index in [0.717, 1.165) is 0 Å². The topological polar surface area (TPSA) is 227 Å². The molecule has 0 spiro atoms. The molecule has 0 saturated heterocycles. The molecule has 0 amide bonds. The van der Waals surface area contributed by atoms with E-state index in [9.17, 15) is 44.1 Å². The summed E-state index contributed by atoms with van der Waals surface area (Å²) in [6.45, 7) is 14.4. The third-order valence-corrected chi connectivity index (χ3v) is 5.67. The van der Waals surface area contributed by atoms with Crippen LogP contribution in [0.3, 0.4) is 0 Å². The summed E-state index contributed by atoms with van der Waals surface area (Å²) in [6, 6.07) is 0. The van der Waals surface area contributed by atoms with E-state index in [4.69, 9.17) is 28.4 Å². The molecule has 0 heterocycles. The van der Waals surface area contributed by atoms with Crippen LogP contribution in [0.1, 0.15) is 81.6 Å². The van der Waals surface area contributed by atoms with Gasteiger partial charge in [0.25, 0.3) is 0 Å². The summed E-state index contributed by atoms with van der Waals surface area (Å²) in [5, 5.41) is 31.9. The Balaban J connectivity index is -0.000000285. The Hall–Kier alpha value is -2.29. The van der Waals surface area contributed by atoms with Crippen LogP contribution in [0.15, 0.2) is 0 Å². The predicted molar refractivity (Wildman–Crippen MR) is 158 cm³/mol.